The Hall–Kier alpha value is -2.28. The fourth-order valence-electron chi connectivity index (χ4n) is 3.11. The Morgan fingerprint density at radius 2 is 1.96 bits per heavy atom. The molecule has 1 aliphatic rings. The molecule has 156 valence electrons. The molecule has 0 atom stereocenters. The first-order valence-corrected chi connectivity index (χ1v) is 10.2. The molecule has 0 spiro atoms. The number of piperidine rings is 1. The van der Waals surface area contributed by atoms with Crippen LogP contribution >= 0.6 is 0 Å². The van der Waals surface area contributed by atoms with Crippen LogP contribution in [0.25, 0.3) is 0 Å². The van der Waals surface area contributed by atoms with Gasteiger partial charge in [0.25, 0.3) is 0 Å². The van der Waals surface area contributed by atoms with Crippen molar-refractivity contribution in [3.8, 4) is 5.75 Å². The predicted molar refractivity (Wildman–Crippen MR) is 112 cm³/mol. The van der Waals surface area contributed by atoms with Crippen molar-refractivity contribution in [2.45, 2.75) is 39.7 Å². The van der Waals surface area contributed by atoms with E-state index in [0.717, 1.165) is 42.8 Å². The molecule has 1 amide bonds. The molecule has 1 aromatic carbocycles. The average Bonchev–Trinajstić information content (AvgIpc) is 2.73. The van der Waals surface area contributed by atoms with Crippen LogP contribution in [0.2, 0.25) is 0 Å². The zero-order valence-corrected chi connectivity index (χ0v) is 17.4. The van der Waals surface area contributed by atoms with Gasteiger partial charge in [-0.15, -0.1) is 0 Å². The number of ether oxygens (including phenoxy) is 2. The zero-order valence-electron chi connectivity index (χ0n) is 17.4. The summed E-state index contributed by atoms with van der Waals surface area (Å²) in [5.41, 5.74) is 2.18. The molecule has 0 aliphatic carbocycles. The molecule has 1 aliphatic heterocycles. The van der Waals surface area contributed by atoms with Crippen molar-refractivity contribution >= 4 is 11.9 Å². The SMILES string of the molecule is CCOCCOc1cc(C)ccc1CNC(=NC)NCC(=O)N1CCCCC1. The van der Waals surface area contributed by atoms with Gasteiger partial charge in [0.2, 0.25) is 5.91 Å². The van der Waals surface area contributed by atoms with Crippen LogP contribution < -0.4 is 15.4 Å². The summed E-state index contributed by atoms with van der Waals surface area (Å²) in [7, 11) is 1.70. The molecule has 0 saturated carbocycles. The summed E-state index contributed by atoms with van der Waals surface area (Å²) in [6.07, 6.45) is 3.41. The number of nitrogens with one attached hydrogen (secondary N) is 2. The number of aliphatic imine (C=N–C) groups is 1. The Morgan fingerprint density at radius 3 is 2.68 bits per heavy atom. The highest BCUT2D eigenvalue weighted by Gasteiger charge is 2.16. The highest BCUT2D eigenvalue weighted by molar-refractivity contribution is 5.86. The second kappa shape index (κ2) is 12.2. The predicted octanol–water partition coefficient (Wildman–Crippen LogP) is 2.09. The van der Waals surface area contributed by atoms with Gasteiger partial charge >= 0.3 is 0 Å². The number of hydrogen-bond donors (Lipinski definition) is 2. The average molecular weight is 391 g/mol. The van der Waals surface area contributed by atoms with Gasteiger partial charge in [0.15, 0.2) is 5.96 Å². The number of carbonyl (C=O) groups excluding carboxylic acids is 1. The first-order valence-electron chi connectivity index (χ1n) is 10.2. The second-order valence-electron chi connectivity index (χ2n) is 6.88. The molecule has 0 aromatic heterocycles. The summed E-state index contributed by atoms with van der Waals surface area (Å²) in [6.45, 7) is 8.31. The number of nitrogens with zero attached hydrogens (tertiary/aromatic N) is 2. The molecule has 2 rings (SSSR count). The quantitative estimate of drug-likeness (QED) is 0.384. The highest BCUT2D eigenvalue weighted by atomic mass is 16.5. The van der Waals surface area contributed by atoms with Crippen molar-refractivity contribution in [3.63, 3.8) is 0 Å². The lowest BCUT2D eigenvalue weighted by Crippen LogP contribution is -2.45. The van der Waals surface area contributed by atoms with Crippen LogP contribution in [0.3, 0.4) is 0 Å². The molecule has 2 N–H and O–H groups in total. The largest absolute Gasteiger partial charge is 0.491 e. The lowest BCUT2D eigenvalue weighted by Gasteiger charge is -2.27. The van der Waals surface area contributed by atoms with E-state index in [4.69, 9.17) is 9.47 Å². The number of guanidine groups is 1. The van der Waals surface area contributed by atoms with Gasteiger partial charge in [-0.05, 0) is 44.7 Å². The van der Waals surface area contributed by atoms with Crippen LogP contribution in [0.4, 0.5) is 0 Å². The first-order chi connectivity index (χ1) is 13.6. The molecule has 7 heteroatoms. The van der Waals surface area contributed by atoms with E-state index < -0.39 is 0 Å². The van der Waals surface area contributed by atoms with E-state index in [9.17, 15) is 4.79 Å². The fraction of sp³-hybridized carbons (Fsp3) is 0.619. The Bertz CT molecular complexity index is 643. The minimum atomic E-state index is 0.123. The normalized spacial score (nSPS) is 14.7. The number of carbonyl (C=O) groups is 1. The summed E-state index contributed by atoms with van der Waals surface area (Å²) in [6, 6.07) is 6.13. The van der Waals surface area contributed by atoms with E-state index in [-0.39, 0.29) is 12.5 Å². The van der Waals surface area contributed by atoms with Crippen LogP contribution in [0.15, 0.2) is 23.2 Å². The Morgan fingerprint density at radius 1 is 1.18 bits per heavy atom. The minimum absolute atomic E-state index is 0.123. The van der Waals surface area contributed by atoms with Gasteiger partial charge in [-0.1, -0.05) is 12.1 Å². The molecule has 1 fully saturated rings. The van der Waals surface area contributed by atoms with Crippen LogP contribution in [-0.4, -0.2) is 63.3 Å². The maximum atomic E-state index is 12.3. The van der Waals surface area contributed by atoms with Gasteiger partial charge in [0.1, 0.15) is 12.4 Å². The number of hydrogen-bond acceptors (Lipinski definition) is 4. The number of aryl methyl sites for hydroxylation is 1. The molecule has 1 heterocycles. The monoisotopic (exact) mass is 390 g/mol. The Balaban J connectivity index is 1.84. The Labute approximate surface area is 168 Å². The van der Waals surface area contributed by atoms with Crippen molar-refractivity contribution in [1.82, 2.24) is 15.5 Å². The van der Waals surface area contributed by atoms with Gasteiger partial charge in [0, 0.05) is 38.9 Å². The standard InChI is InChI=1S/C21H34N4O3/c1-4-27-12-13-28-19-14-17(2)8-9-18(19)15-23-21(22-3)24-16-20(26)25-10-6-5-7-11-25/h8-9,14H,4-7,10-13,15-16H2,1-3H3,(H2,22,23,24). The molecule has 1 aromatic rings. The van der Waals surface area contributed by atoms with Crippen LogP contribution in [0.5, 0.6) is 5.75 Å². The molecular weight excluding hydrogens is 356 g/mol. The van der Waals surface area contributed by atoms with Crippen LogP contribution in [0.1, 0.15) is 37.3 Å². The third-order valence-electron chi connectivity index (χ3n) is 4.70. The van der Waals surface area contributed by atoms with Crippen molar-refractivity contribution in [2.75, 3.05) is 46.5 Å². The summed E-state index contributed by atoms with van der Waals surface area (Å²) >= 11 is 0. The van der Waals surface area contributed by atoms with Crippen molar-refractivity contribution in [2.24, 2.45) is 4.99 Å². The smallest absolute Gasteiger partial charge is 0.241 e. The highest BCUT2D eigenvalue weighted by Crippen LogP contribution is 2.20. The maximum Gasteiger partial charge on any atom is 0.241 e. The Kier molecular flexibility index (Phi) is 9.62. The first kappa shape index (κ1) is 22.0. The van der Waals surface area contributed by atoms with Crippen molar-refractivity contribution in [3.05, 3.63) is 29.3 Å². The summed E-state index contributed by atoms with van der Waals surface area (Å²) in [5.74, 6) is 1.57. The van der Waals surface area contributed by atoms with E-state index in [0.29, 0.717) is 32.3 Å². The van der Waals surface area contributed by atoms with Gasteiger partial charge in [-0.2, -0.15) is 0 Å². The van der Waals surface area contributed by atoms with E-state index in [1.165, 1.54) is 6.42 Å². The molecule has 0 unspecified atom stereocenters. The van der Waals surface area contributed by atoms with E-state index in [1.54, 1.807) is 7.05 Å². The number of rotatable bonds is 9. The number of amides is 1. The van der Waals surface area contributed by atoms with Gasteiger partial charge in [-0.3, -0.25) is 9.79 Å². The van der Waals surface area contributed by atoms with Crippen LogP contribution in [0, 0.1) is 6.92 Å². The lowest BCUT2D eigenvalue weighted by molar-refractivity contribution is -0.130. The molecule has 1 saturated heterocycles. The fourth-order valence-corrected chi connectivity index (χ4v) is 3.11. The van der Waals surface area contributed by atoms with E-state index in [2.05, 4.69) is 21.7 Å². The summed E-state index contributed by atoms with van der Waals surface area (Å²) < 4.78 is 11.2. The molecule has 0 radical (unpaired) electrons. The molecular formula is C21H34N4O3. The summed E-state index contributed by atoms with van der Waals surface area (Å²) in [5, 5.41) is 6.38. The second-order valence-corrected chi connectivity index (χ2v) is 6.88. The van der Waals surface area contributed by atoms with Crippen molar-refractivity contribution < 1.29 is 14.3 Å². The van der Waals surface area contributed by atoms with E-state index in [1.807, 2.05) is 30.9 Å². The molecule has 7 nitrogen and oxygen atoms in total. The van der Waals surface area contributed by atoms with Crippen molar-refractivity contribution in [1.29, 1.82) is 0 Å². The minimum Gasteiger partial charge on any atom is -0.491 e. The van der Waals surface area contributed by atoms with E-state index >= 15 is 0 Å². The van der Waals surface area contributed by atoms with Crippen LogP contribution in [-0.2, 0) is 16.1 Å². The number of likely N-dealkylation sites (tertiary alicyclic amines) is 1. The third-order valence-corrected chi connectivity index (χ3v) is 4.70. The molecule has 28 heavy (non-hydrogen) atoms. The zero-order chi connectivity index (χ0) is 20.2. The van der Waals surface area contributed by atoms with Gasteiger partial charge in [-0.25, -0.2) is 0 Å². The van der Waals surface area contributed by atoms with Gasteiger partial charge in [0.05, 0.1) is 13.2 Å². The maximum absolute atomic E-state index is 12.3. The molecule has 0 bridgehead atoms. The summed E-state index contributed by atoms with van der Waals surface area (Å²) in [4.78, 5) is 18.4. The third kappa shape index (κ3) is 7.38. The number of benzene rings is 1. The topological polar surface area (TPSA) is 75.2 Å². The van der Waals surface area contributed by atoms with Gasteiger partial charge < -0.3 is 25.0 Å². The lowest BCUT2D eigenvalue weighted by atomic mass is 10.1.